The number of nitrogens with one attached hydrogen (secondary N) is 1. The number of imidazole rings is 1. The Labute approximate surface area is 138 Å². The summed E-state index contributed by atoms with van der Waals surface area (Å²) in [5.74, 6) is 1.08. The second-order valence-electron chi connectivity index (χ2n) is 5.08. The van der Waals surface area contributed by atoms with E-state index in [4.69, 9.17) is 4.98 Å². The summed E-state index contributed by atoms with van der Waals surface area (Å²) in [6.45, 7) is 5.96. The number of aryl methyl sites for hydroxylation is 2. The van der Waals surface area contributed by atoms with Crippen LogP contribution < -0.4 is 5.32 Å². The van der Waals surface area contributed by atoms with Crippen LogP contribution in [0.2, 0.25) is 0 Å². The van der Waals surface area contributed by atoms with E-state index >= 15 is 0 Å². The lowest BCUT2D eigenvalue weighted by atomic mass is 10.2. The van der Waals surface area contributed by atoms with Gasteiger partial charge in [0.1, 0.15) is 5.82 Å². The van der Waals surface area contributed by atoms with Gasteiger partial charge in [0.15, 0.2) is 0 Å². The maximum absolute atomic E-state index is 4.74. The van der Waals surface area contributed by atoms with Gasteiger partial charge in [0, 0.05) is 15.8 Å². The van der Waals surface area contributed by atoms with Crippen LogP contribution in [0.4, 0.5) is 5.69 Å². The summed E-state index contributed by atoms with van der Waals surface area (Å²) in [6.07, 6.45) is 0. The van der Waals surface area contributed by atoms with Crippen molar-refractivity contribution in [3.05, 3.63) is 57.4 Å². The molecule has 2 aromatic carbocycles. The van der Waals surface area contributed by atoms with Crippen LogP contribution >= 0.6 is 22.6 Å². The molecule has 0 aliphatic rings. The summed E-state index contributed by atoms with van der Waals surface area (Å²) in [7, 11) is 0. The summed E-state index contributed by atoms with van der Waals surface area (Å²) in [5, 5.41) is 3.48. The van der Waals surface area contributed by atoms with E-state index in [0.717, 1.165) is 30.1 Å². The zero-order chi connectivity index (χ0) is 14.8. The van der Waals surface area contributed by atoms with Crippen LogP contribution in [0.3, 0.4) is 0 Å². The quantitative estimate of drug-likeness (QED) is 0.660. The van der Waals surface area contributed by atoms with Crippen molar-refractivity contribution in [2.75, 3.05) is 5.32 Å². The molecule has 0 atom stereocenters. The number of para-hydroxylation sites is 2. The summed E-state index contributed by atoms with van der Waals surface area (Å²) in [4.78, 5) is 4.74. The summed E-state index contributed by atoms with van der Waals surface area (Å²) in [5.41, 5.74) is 4.71. The van der Waals surface area contributed by atoms with Crippen molar-refractivity contribution in [2.45, 2.75) is 26.9 Å². The van der Waals surface area contributed by atoms with Crippen molar-refractivity contribution in [2.24, 2.45) is 0 Å². The van der Waals surface area contributed by atoms with Gasteiger partial charge in [-0.1, -0.05) is 18.2 Å². The fraction of sp³-hybridized carbons (Fsp3) is 0.235. The van der Waals surface area contributed by atoms with Crippen molar-refractivity contribution in [1.29, 1.82) is 0 Å². The molecule has 0 spiro atoms. The molecule has 0 saturated heterocycles. The molecular weight excluding hydrogens is 373 g/mol. The molecule has 0 amide bonds. The second-order valence-corrected chi connectivity index (χ2v) is 6.24. The molecule has 1 N–H and O–H groups in total. The van der Waals surface area contributed by atoms with Gasteiger partial charge in [-0.05, 0) is 66.3 Å². The Bertz CT molecular complexity index is 777. The van der Waals surface area contributed by atoms with Crippen LogP contribution in [-0.4, -0.2) is 9.55 Å². The highest BCUT2D eigenvalue weighted by atomic mass is 127. The molecule has 0 saturated carbocycles. The highest BCUT2D eigenvalue weighted by Crippen LogP contribution is 2.19. The van der Waals surface area contributed by atoms with Crippen LogP contribution in [0.5, 0.6) is 0 Å². The van der Waals surface area contributed by atoms with Gasteiger partial charge in [-0.3, -0.25) is 0 Å². The first-order valence-electron chi connectivity index (χ1n) is 7.13. The smallest absolute Gasteiger partial charge is 0.129 e. The Morgan fingerprint density at radius 1 is 1.19 bits per heavy atom. The lowest BCUT2D eigenvalue weighted by Crippen LogP contribution is -2.08. The first kappa shape index (κ1) is 14.4. The van der Waals surface area contributed by atoms with Crippen molar-refractivity contribution >= 4 is 39.3 Å². The molecule has 108 valence electrons. The number of fused-ring (bicyclic) bond motifs is 1. The van der Waals surface area contributed by atoms with Gasteiger partial charge in [0.05, 0.1) is 17.6 Å². The molecule has 0 aliphatic carbocycles. The number of hydrogen-bond donors (Lipinski definition) is 1. The van der Waals surface area contributed by atoms with Gasteiger partial charge in [-0.2, -0.15) is 0 Å². The number of hydrogen-bond acceptors (Lipinski definition) is 2. The largest absolute Gasteiger partial charge is 0.378 e. The third-order valence-corrected chi connectivity index (χ3v) is 4.83. The van der Waals surface area contributed by atoms with E-state index in [1.165, 1.54) is 14.7 Å². The number of rotatable bonds is 4. The third-order valence-electron chi connectivity index (χ3n) is 3.67. The highest BCUT2D eigenvalue weighted by molar-refractivity contribution is 14.1. The van der Waals surface area contributed by atoms with Gasteiger partial charge < -0.3 is 9.88 Å². The molecule has 4 heteroatoms. The second kappa shape index (κ2) is 6.05. The lowest BCUT2D eigenvalue weighted by molar-refractivity contribution is 0.729. The van der Waals surface area contributed by atoms with Gasteiger partial charge in [-0.25, -0.2) is 4.98 Å². The molecule has 1 heterocycles. The number of nitrogens with zero attached hydrogens (tertiary/aromatic N) is 2. The molecule has 0 bridgehead atoms. The molecule has 0 aliphatic heterocycles. The van der Waals surface area contributed by atoms with E-state index in [0.29, 0.717) is 0 Å². The molecular formula is C17H18IN3. The maximum Gasteiger partial charge on any atom is 0.129 e. The minimum absolute atomic E-state index is 0.738. The minimum Gasteiger partial charge on any atom is -0.378 e. The van der Waals surface area contributed by atoms with Gasteiger partial charge >= 0.3 is 0 Å². The summed E-state index contributed by atoms with van der Waals surface area (Å²) >= 11 is 2.37. The third kappa shape index (κ3) is 2.90. The zero-order valence-electron chi connectivity index (χ0n) is 12.2. The Balaban J connectivity index is 1.86. The molecule has 0 radical (unpaired) electrons. The van der Waals surface area contributed by atoms with Crippen LogP contribution in [-0.2, 0) is 13.1 Å². The van der Waals surface area contributed by atoms with Gasteiger partial charge in [0.25, 0.3) is 0 Å². The van der Waals surface area contributed by atoms with E-state index in [1.54, 1.807) is 0 Å². The average molecular weight is 391 g/mol. The SMILES string of the molecule is CCn1c(CNc2ccc(C)c(I)c2)nc2ccccc21. The van der Waals surface area contributed by atoms with E-state index in [9.17, 15) is 0 Å². The number of benzene rings is 2. The van der Waals surface area contributed by atoms with Crippen molar-refractivity contribution in [3.8, 4) is 0 Å². The molecule has 0 fully saturated rings. The molecule has 3 nitrogen and oxygen atoms in total. The van der Waals surface area contributed by atoms with Crippen molar-refractivity contribution in [3.63, 3.8) is 0 Å². The molecule has 3 rings (SSSR count). The fourth-order valence-corrected chi connectivity index (χ4v) is 3.01. The predicted molar refractivity (Wildman–Crippen MR) is 96.6 cm³/mol. The summed E-state index contributed by atoms with van der Waals surface area (Å²) in [6, 6.07) is 14.7. The Morgan fingerprint density at radius 3 is 2.76 bits per heavy atom. The van der Waals surface area contributed by atoms with Gasteiger partial charge in [0.2, 0.25) is 0 Å². The normalized spacial score (nSPS) is 11.0. The maximum atomic E-state index is 4.74. The predicted octanol–water partition coefficient (Wildman–Crippen LogP) is 4.58. The van der Waals surface area contributed by atoms with E-state index < -0.39 is 0 Å². The zero-order valence-corrected chi connectivity index (χ0v) is 14.4. The highest BCUT2D eigenvalue weighted by Gasteiger charge is 2.08. The molecule has 0 unspecified atom stereocenters. The first-order valence-corrected chi connectivity index (χ1v) is 8.21. The van der Waals surface area contributed by atoms with Crippen LogP contribution in [0.15, 0.2) is 42.5 Å². The number of halogens is 1. The Kier molecular flexibility index (Phi) is 4.14. The monoisotopic (exact) mass is 391 g/mol. The van der Waals surface area contributed by atoms with Crippen molar-refractivity contribution < 1.29 is 0 Å². The topological polar surface area (TPSA) is 29.9 Å². The van der Waals surface area contributed by atoms with E-state index in [-0.39, 0.29) is 0 Å². The van der Waals surface area contributed by atoms with Crippen LogP contribution in [0, 0.1) is 10.5 Å². The van der Waals surface area contributed by atoms with E-state index in [1.807, 2.05) is 6.07 Å². The number of aromatic nitrogens is 2. The summed E-state index contributed by atoms with van der Waals surface area (Å²) < 4.78 is 3.54. The Hall–Kier alpha value is -1.56. The lowest BCUT2D eigenvalue weighted by Gasteiger charge is -2.09. The molecule has 3 aromatic rings. The Morgan fingerprint density at radius 2 is 2.00 bits per heavy atom. The van der Waals surface area contributed by atoms with Crippen LogP contribution in [0.25, 0.3) is 11.0 Å². The number of anilines is 1. The van der Waals surface area contributed by atoms with E-state index in [2.05, 4.69) is 82.7 Å². The minimum atomic E-state index is 0.738. The molecule has 1 aromatic heterocycles. The molecule has 21 heavy (non-hydrogen) atoms. The standard InChI is InChI=1S/C17H18IN3/c1-3-21-16-7-5-4-6-15(16)20-17(21)11-19-13-9-8-12(2)14(18)10-13/h4-10,19H,3,11H2,1-2H3. The van der Waals surface area contributed by atoms with Crippen molar-refractivity contribution in [1.82, 2.24) is 9.55 Å². The fourth-order valence-electron chi connectivity index (χ4n) is 2.50. The van der Waals surface area contributed by atoms with Gasteiger partial charge in [-0.15, -0.1) is 0 Å². The average Bonchev–Trinajstić information content (AvgIpc) is 2.86. The van der Waals surface area contributed by atoms with Crippen LogP contribution in [0.1, 0.15) is 18.3 Å². The first-order chi connectivity index (χ1) is 10.2.